The van der Waals surface area contributed by atoms with Crippen LogP contribution in [0.1, 0.15) is 31.4 Å². The Bertz CT molecular complexity index is 1390. The summed E-state index contributed by atoms with van der Waals surface area (Å²) in [5.41, 5.74) is 7.15. The molecule has 10 nitrogen and oxygen atoms in total. The minimum Gasteiger partial charge on any atom is -0.508 e. The molecule has 10 heteroatoms. The van der Waals surface area contributed by atoms with Gasteiger partial charge in [-0.1, -0.05) is 68.4 Å². The van der Waals surface area contributed by atoms with E-state index in [1.165, 1.54) is 12.1 Å². The summed E-state index contributed by atoms with van der Waals surface area (Å²) in [5.74, 6) is -2.18. The second-order valence-corrected chi connectivity index (χ2v) is 10.4. The number of benzene rings is 3. The first-order valence-electron chi connectivity index (χ1n) is 13.2. The van der Waals surface area contributed by atoms with Crippen LogP contribution in [0.5, 0.6) is 5.75 Å². The van der Waals surface area contributed by atoms with Gasteiger partial charge in [0, 0.05) is 13.0 Å². The minimum absolute atomic E-state index is 0.0417. The zero-order valence-electron chi connectivity index (χ0n) is 22.4. The second-order valence-electron chi connectivity index (χ2n) is 10.4. The maximum Gasteiger partial charge on any atom is 0.253 e. The number of epoxide rings is 1. The van der Waals surface area contributed by atoms with E-state index in [9.17, 15) is 24.3 Å². The van der Waals surface area contributed by atoms with Crippen molar-refractivity contribution in [2.45, 2.75) is 57.5 Å². The Kier molecular flexibility index (Phi) is 9.00. The van der Waals surface area contributed by atoms with Crippen LogP contribution in [0.4, 0.5) is 0 Å². The van der Waals surface area contributed by atoms with Gasteiger partial charge in [-0.25, -0.2) is 0 Å². The SMILES string of the molecule is CC(C)C[C@H](NC(=O)[C@@H]1O[C@H]1C(=O)NCc1cccc2ccccc12)C(=O)N[C@@H](Cc1ccc(O)cc1)C(N)=O. The lowest BCUT2D eigenvalue weighted by Gasteiger charge is -2.23. The van der Waals surface area contributed by atoms with Crippen molar-refractivity contribution >= 4 is 34.4 Å². The van der Waals surface area contributed by atoms with Crippen molar-refractivity contribution in [3.05, 3.63) is 77.9 Å². The molecule has 40 heavy (non-hydrogen) atoms. The van der Waals surface area contributed by atoms with Crippen molar-refractivity contribution < 1.29 is 29.0 Å². The fourth-order valence-corrected chi connectivity index (χ4v) is 4.56. The molecule has 0 radical (unpaired) electrons. The van der Waals surface area contributed by atoms with E-state index in [0.717, 1.165) is 16.3 Å². The lowest BCUT2D eigenvalue weighted by molar-refractivity contribution is -0.132. The summed E-state index contributed by atoms with van der Waals surface area (Å²) in [6.07, 6.45) is -1.55. The quantitative estimate of drug-likeness (QED) is 0.217. The highest BCUT2D eigenvalue weighted by molar-refractivity contribution is 5.98. The Labute approximate surface area is 232 Å². The standard InChI is InChI=1S/C30H34N4O6/c1-17(2)14-24(28(37)33-23(27(31)36)15-18-10-12-21(35)13-11-18)34-30(39)26-25(40-26)29(38)32-16-20-8-5-7-19-6-3-4-9-22(19)20/h3-13,17,23-26,35H,14-16H2,1-2H3,(H2,31,36)(H,32,38)(H,33,37)(H,34,39)/t23-,24-,25+,26+/m0/s1. The smallest absolute Gasteiger partial charge is 0.253 e. The van der Waals surface area contributed by atoms with E-state index < -0.39 is 47.9 Å². The fourth-order valence-electron chi connectivity index (χ4n) is 4.56. The molecule has 1 saturated heterocycles. The number of phenols is 1. The van der Waals surface area contributed by atoms with Crippen molar-refractivity contribution in [1.82, 2.24) is 16.0 Å². The summed E-state index contributed by atoms with van der Waals surface area (Å²) in [6.45, 7) is 4.07. The highest BCUT2D eigenvalue weighted by atomic mass is 16.6. The molecule has 1 aliphatic heterocycles. The fraction of sp³-hybridized carbons (Fsp3) is 0.333. The third-order valence-electron chi connectivity index (χ3n) is 6.72. The molecule has 6 N–H and O–H groups in total. The Morgan fingerprint density at radius 2 is 1.55 bits per heavy atom. The predicted molar refractivity (Wildman–Crippen MR) is 149 cm³/mol. The molecule has 4 amide bonds. The van der Waals surface area contributed by atoms with E-state index in [0.29, 0.717) is 12.0 Å². The molecule has 0 aliphatic carbocycles. The maximum absolute atomic E-state index is 13.1. The van der Waals surface area contributed by atoms with Crippen LogP contribution in [0.15, 0.2) is 66.7 Å². The van der Waals surface area contributed by atoms with E-state index >= 15 is 0 Å². The van der Waals surface area contributed by atoms with E-state index in [4.69, 9.17) is 10.5 Å². The van der Waals surface area contributed by atoms with Gasteiger partial charge in [-0.3, -0.25) is 19.2 Å². The highest BCUT2D eigenvalue weighted by Crippen LogP contribution is 2.24. The molecular weight excluding hydrogens is 512 g/mol. The third-order valence-corrected chi connectivity index (χ3v) is 6.72. The third kappa shape index (κ3) is 7.35. The van der Waals surface area contributed by atoms with Crippen LogP contribution in [0.25, 0.3) is 10.8 Å². The molecule has 3 aromatic rings. The van der Waals surface area contributed by atoms with Crippen molar-refractivity contribution in [3.63, 3.8) is 0 Å². The number of hydrogen-bond donors (Lipinski definition) is 5. The first-order valence-corrected chi connectivity index (χ1v) is 13.2. The Hall–Kier alpha value is -4.44. The molecule has 0 spiro atoms. The summed E-state index contributed by atoms with van der Waals surface area (Å²) in [4.78, 5) is 50.7. The lowest BCUT2D eigenvalue weighted by atomic mass is 10.0. The first kappa shape index (κ1) is 28.6. The number of carbonyl (C=O) groups is 4. The van der Waals surface area contributed by atoms with Crippen molar-refractivity contribution in [1.29, 1.82) is 0 Å². The normalized spacial score (nSPS) is 17.6. The summed E-state index contributed by atoms with van der Waals surface area (Å²) in [7, 11) is 0. The molecule has 0 unspecified atom stereocenters. The highest BCUT2D eigenvalue weighted by Gasteiger charge is 2.51. The molecule has 1 aliphatic rings. The van der Waals surface area contributed by atoms with Gasteiger partial charge >= 0.3 is 0 Å². The number of nitrogens with two attached hydrogens (primary N) is 1. The summed E-state index contributed by atoms with van der Waals surface area (Å²) in [5, 5.41) is 19.7. The molecule has 3 aromatic carbocycles. The number of ether oxygens (including phenoxy) is 1. The maximum atomic E-state index is 13.1. The zero-order chi connectivity index (χ0) is 28.8. The average molecular weight is 547 g/mol. The summed E-state index contributed by atoms with van der Waals surface area (Å²) < 4.78 is 5.36. The second kappa shape index (κ2) is 12.6. The van der Waals surface area contributed by atoms with Gasteiger partial charge in [-0.15, -0.1) is 0 Å². The molecule has 0 saturated carbocycles. The van der Waals surface area contributed by atoms with E-state index in [1.807, 2.05) is 56.3 Å². The number of nitrogens with one attached hydrogen (secondary N) is 3. The zero-order valence-corrected chi connectivity index (χ0v) is 22.4. The van der Waals surface area contributed by atoms with Crippen molar-refractivity contribution in [3.8, 4) is 5.75 Å². The first-order chi connectivity index (χ1) is 19.1. The average Bonchev–Trinajstić information content (AvgIpc) is 3.73. The summed E-state index contributed by atoms with van der Waals surface area (Å²) in [6, 6.07) is 17.9. The Morgan fingerprint density at radius 1 is 0.875 bits per heavy atom. The van der Waals surface area contributed by atoms with Gasteiger partial charge in [0.1, 0.15) is 17.8 Å². The van der Waals surface area contributed by atoms with Crippen LogP contribution in [-0.2, 0) is 36.9 Å². The van der Waals surface area contributed by atoms with Gasteiger partial charge in [-0.05, 0) is 46.4 Å². The van der Waals surface area contributed by atoms with Crippen LogP contribution in [-0.4, -0.2) is 53.0 Å². The van der Waals surface area contributed by atoms with Gasteiger partial charge in [0.05, 0.1) is 0 Å². The van der Waals surface area contributed by atoms with Crippen LogP contribution < -0.4 is 21.7 Å². The molecule has 4 rings (SSSR count). The van der Waals surface area contributed by atoms with Gasteiger partial charge in [0.2, 0.25) is 11.8 Å². The molecule has 1 fully saturated rings. The number of primary amides is 1. The number of phenolic OH excluding ortho intramolecular Hbond substituents is 1. The molecule has 0 aromatic heterocycles. The number of aromatic hydroxyl groups is 1. The number of hydrogen-bond acceptors (Lipinski definition) is 6. The van der Waals surface area contributed by atoms with Crippen LogP contribution in [0.3, 0.4) is 0 Å². The van der Waals surface area contributed by atoms with Crippen molar-refractivity contribution in [2.75, 3.05) is 0 Å². The Balaban J connectivity index is 1.33. The number of amides is 4. The molecule has 1 heterocycles. The monoisotopic (exact) mass is 546 g/mol. The largest absolute Gasteiger partial charge is 0.508 e. The van der Waals surface area contributed by atoms with E-state index in [-0.39, 0.29) is 24.6 Å². The number of fused-ring (bicyclic) bond motifs is 1. The molecule has 4 atom stereocenters. The summed E-state index contributed by atoms with van der Waals surface area (Å²) >= 11 is 0. The Morgan fingerprint density at radius 3 is 2.25 bits per heavy atom. The predicted octanol–water partition coefficient (Wildman–Crippen LogP) is 1.67. The lowest BCUT2D eigenvalue weighted by Crippen LogP contribution is -2.54. The minimum atomic E-state index is -1.02. The van der Waals surface area contributed by atoms with Crippen molar-refractivity contribution in [2.24, 2.45) is 11.7 Å². The van der Waals surface area contributed by atoms with Crippen LogP contribution in [0, 0.1) is 5.92 Å². The number of rotatable bonds is 12. The van der Waals surface area contributed by atoms with Gasteiger partial charge in [-0.2, -0.15) is 0 Å². The topological polar surface area (TPSA) is 163 Å². The molecule has 0 bridgehead atoms. The van der Waals surface area contributed by atoms with Crippen LogP contribution in [0.2, 0.25) is 0 Å². The number of carbonyl (C=O) groups excluding carboxylic acids is 4. The van der Waals surface area contributed by atoms with Crippen LogP contribution >= 0.6 is 0 Å². The van der Waals surface area contributed by atoms with Gasteiger partial charge in [0.15, 0.2) is 12.2 Å². The van der Waals surface area contributed by atoms with E-state index in [1.54, 1.807) is 12.1 Å². The molecular formula is C30H34N4O6. The van der Waals surface area contributed by atoms with Gasteiger partial charge < -0.3 is 31.5 Å². The molecule has 210 valence electrons. The van der Waals surface area contributed by atoms with E-state index in [2.05, 4.69) is 16.0 Å². The van der Waals surface area contributed by atoms with Gasteiger partial charge in [0.25, 0.3) is 11.8 Å².